The van der Waals surface area contributed by atoms with Crippen molar-refractivity contribution in [2.45, 2.75) is 52.0 Å². The molecule has 6 heteroatoms. The summed E-state index contributed by atoms with van der Waals surface area (Å²) < 4.78 is 0. The van der Waals surface area contributed by atoms with Gasteiger partial charge in [0.15, 0.2) is 0 Å². The van der Waals surface area contributed by atoms with Crippen LogP contribution in [0.25, 0.3) is 0 Å². The number of nitrogens with two attached hydrogens (primary N) is 1. The van der Waals surface area contributed by atoms with Crippen molar-refractivity contribution in [3.8, 4) is 0 Å². The Morgan fingerprint density at radius 1 is 1.04 bits per heavy atom. The molecule has 1 aromatic rings. The van der Waals surface area contributed by atoms with Crippen molar-refractivity contribution in [2.75, 3.05) is 26.2 Å². The minimum atomic E-state index is -0.0919. The standard InChI is InChI=1S/C21H31N3O2.ClH/c1-15-10-16(2)12-18(11-15)20(25)23-8-5-6-17(14-23)21(26)24-9-4-3-7-19(24)13-22;/h10-12,17,19H,3-9,13-14,22H2,1-2H3;1H. The van der Waals surface area contributed by atoms with E-state index in [1.807, 2.05) is 35.8 Å². The summed E-state index contributed by atoms with van der Waals surface area (Å²) in [6, 6.07) is 6.12. The number of nitrogens with zero attached hydrogens (tertiary/aromatic N) is 2. The van der Waals surface area contributed by atoms with Gasteiger partial charge in [-0.2, -0.15) is 0 Å². The maximum Gasteiger partial charge on any atom is 0.253 e. The third-order valence-electron chi connectivity index (χ3n) is 5.71. The first-order valence-corrected chi connectivity index (χ1v) is 9.87. The van der Waals surface area contributed by atoms with E-state index < -0.39 is 0 Å². The molecule has 2 aliphatic heterocycles. The van der Waals surface area contributed by atoms with Gasteiger partial charge in [0.05, 0.1) is 5.92 Å². The van der Waals surface area contributed by atoms with Crippen molar-refractivity contribution in [1.29, 1.82) is 0 Å². The molecule has 0 spiro atoms. The Labute approximate surface area is 168 Å². The van der Waals surface area contributed by atoms with Crippen LogP contribution in [-0.2, 0) is 4.79 Å². The van der Waals surface area contributed by atoms with Gasteiger partial charge >= 0.3 is 0 Å². The molecule has 0 radical (unpaired) electrons. The van der Waals surface area contributed by atoms with Gasteiger partial charge in [-0.1, -0.05) is 17.2 Å². The summed E-state index contributed by atoms with van der Waals surface area (Å²) in [6.45, 7) is 6.62. The smallest absolute Gasteiger partial charge is 0.253 e. The Balaban J connectivity index is 0.00000261. The Hall–Kier alpha value is -1.59. The molecule has 2 atom stereocenters. The summed E-state index contributed by atoms with van der Waals surface area (Å²) in [4.78, 5) is 29.9. The molecule has 1 aromatic carbocycles. The third kappa shape index (κ3) is 5.02. The summed E-state index contributed by atoms with van der Waals surface area (Å²) in [5.41, 5.74) is 8.80. The van der Waals surface area contributed by atoms with E-state index in [1.54, 1.807) is 0 Å². The maximum absolute atomic E-state index is 13.1. The third-order valence-corrected chi connectivity index (χ3v) is 5.71. The predicted octanol–water partition coefficient (Wildman–Crippen LogP) is 2.92. The topological polar surface area (TPSA) is 66.6 Å². The van der Waals surface area contributed by atoms with Crippen LogP contribution in [0.15, 0.2) is 18.2 Å². The zero-order valence-corrected chi connectivity index (χ0v) is 17.3. The van der Waals surface area contributed by atoms with E-state index >= 15 is 0 Å². The fraction of sp³-hybridized carbons (Fsp3) is 0.619. The number of halogens is 1. The molecular weight excluding hydrogens is 362 g/mol. The van der Waals surface area contributed by atoms with E-state index in [0.717, 1.165) is 61.9 Å². The lowest BCUT2D eigenvalue weighted by atomic mass is 9.93. The molecule has 2 fully saturated rings. The van der Waals surface area contributed by atoms with Crippen molar-refractivity contribution >= 4 is 24.2 Å². The maximum atomic E-state index is 13.1. The molecule has 150 valence electrons. The Kier molecular flexibility index (Phi) is 7.68. The van der Waals surface area contributed by atoms with Crippen molar-refractivity contribution in [3.63, 3.8) is 0 Å². The summed E-state index contributed by atoms with van der Waals surface area (Å²) >= 11 is 0. The van der Waals surface area contributed by atoms with E-state index in [-0.39, 0.29) is 36.2 Å². The number of hydrogen-bond donors (Lipinski definition) is 1. The van der Waals surface area contributed by atoms with Crippen molar-refractivity contribution in [3.05, 3.63) is 34.9 Å². The number of piperidine rings is 2. The van der Waals surface area contributed by atoms with Crippen LogP contribution in [-0.4, -0.2) is 53.8 Å². The lowest BCUT2D eigenvalue weighted by Gasteiger charge is -2.40. The minimum Gasteiger partial charge on any atom is -0.338 e. The van der Waals surface area contributed by atoms with Gasteiger partial charge in [0.25, 0.3) is 5.91 Å². The molecule has 0 aliphatic carbocycles. The first-order chi connectivity index (χ1) is 12.5. The highest BCUT2D eigenvalue weighted by Crippen LogP contribution is 2.25. The number of aryl methyl sites for hydroxylation is 2. The van der Waals surface area contributed by atoms with Gasteiger partial charge < -0.3 is 15.5 Å². The van der Waals surface area contributed by atoms with Crippen LogP contribution in [0.4, 0.5) is 0 Å². The van der Waals surface area contributed by atoms with Gasteiger partial charge in [-0.15, -0.1) is 12.4 Å². The lowest BCUT2D eigenvalue weighted by Crippen LogP contribution is -2.53. The lowest BCUT2D eigenvalue weighted by molar-refractivity contribution is -0.140. The zero-order valence-electron chi connectivity index (χ0n) is 16.4. The van der Waals surface area contributed by atoms with Crippen LogP contribution in [0.5, 0.6) is 0 Å². The summed E-state index contributed by atoms with van der Waals surface area (Å²) in [7, 11) is 0. The van der Waals surface area contributed by atoms with E-state index in [2.05, 4.69) is 6.07 Å². The number of hydrogen-bond acceptors (Lipinski definition) is 3. The molecule has 2 unspecified atom stereocenters. The van der Waals surface area contributed by atoms with Crippen LogP contribution in [0.2, 0.25) is 0 Å². The molecule has 0 aromatic heterocycles. The monoisotopic (exact) mass is 393 g/mol. The number of likely N-dealkylation sites (tertiary alicyclic amines) is 2. The number of rotatable bonds is 3. The van der Waals surface area contributed by atoms with Crippen LogP contribution in [0.1, 0.15) is 53.6 Å². The molecule has 0 saturated carbocycles. The highest BCUT2D eigenvalue weighted by Gasteiger charge is 2.34. The number of amides is 2. The molecule has 5 nitrogen and oxygen atoms in total. The first-order valence-electron chi connectivity index (χ1n) is 9.87. The predicted molar refractivity (Wildman–Crippen MR) is 110 cm³/mol. The average molecular weight is 394 g/mol. The fourth-order valence-electron chi connectivity index (χ4n) is 4.41. The van der Waals surface area contributed by atoms with Gasteiger partial charge in [-0.3, -0.25) is 9.59 Å². The average Bonchev–Trinajstić information content (AvgIpc) is 2.66. The SMILES string of the molecule is Cc1cc(C)cc(C(=O)N2CCCC(C(=O)N3CCCCC3CN)C2)c1.Cl. The van der Waals surface area contributed by atoms with Crippen LogP contribution < -0.4 is 5.73 Å². The highest BCUT2D eigenvalue weighted by atomic mass is 35.5. The Morgan fingerprint density at radius 2 is 1.74 bits per heavy atom. The summed E-state index contributed by atoms with van der Waals surface area (Å²) in [6.07, 6.45) is 4.95. The van der Waals surface area contributed by atoms with E-state index in [4.69, 9.17) is 5.73 Å². The van der Waals surface area contributed by atoms with Crippen LogP contribution in [0.3, 0.4) is 0 Å². The number of carbonyl (C=O) groups is 2. The van der Waals surface area contributed by atoms with Crippen molar-refractivity contribution in [2.24, 2.45) is 11.7 Å². The molecule has 0 bridgehead atoms. The Bertz CT molecular complexity index is 659. The van der Waals surface area contributed by atoms with Gasteiger partial charge in [0.2, 0.25) is 5.91 Å². The van der Waals surface area contributed by atoms with E-state index in [9.17, 15) is 9.59 Å². The van der Waals surface area contributed by atoms with Gasteiger partial charge in [0.1, 0.15) is 0 Å². The Morgan fingerprint density at radius 3 is 2.41 bits per heavy atom. The molecule has 2 aliphatic rings. The number of benzene rings is 1. The molecule has 2 heterocycles. The first kappa shape index (κ1) is 21.7. The van der Waals surface area contributed by atoms with Gasteiger partial charge in [-0.05, 0) is 58.1 Å². The quantitative estimate of drug-likeness (QED) is 0.858. The van der Waals surface area contributed by atoms with Crippen molar-refractivity contribution < 1.29 is 9.59 Å². The second-order valence-corrected chi connectivity index (χ2v) is 7.88. The number of carbonyl (C=O) groups excluding carboxylic acids is 2. The summed E-state index contributed by atoms with van der Waals surface area (Å²) in [5.74, 6) is 0.146. The second-order valence-electron chi connectivity index (χ2n) is 7.88. The van der Waals surface area contributed by atoms with Gasteiger partial charge in [-0.25, -0.2) is 0 Å². The van der Waals surface area contributed by atoms with E-state index in [1.165, 1.54) is 0 Å². The van der Waals surface area contributed by atoms with Crippen molar-refractivity contribution in [1.82, 2.24) is 9.80 Å². The fourth-order valence-corrected chi connectivity index (χ4v) is 4.41. The normalized spacial score (nSPS) is 22.9. The zero-order chi connectivity index (χ0) is 18.7. The molecule has 3 rings (SSSR count). The largest absolute Gasteiger partial charge is 0.338 e. The summed E-state index contributed by atoms with van der Waals surface area (Å²) in [5, 5.41) is 0. The van der Waals surface area contributed by atoms with Crippen LogP contribution in [0, 0.1) is 19.8 Å². The van der Waals surface area contributed by atoms with Crippen LogP contribution >= 0.6 is 12.4 Å². The molecule has 2 N–H and O–H groups in total. The molecule has 27 heavy (non-hydrogen) atoms. The molecular formula is C21H32ClN3O2. The molecule has 2 saturated heterocycles. The van der Waals surface area contributed by atoms with E-state index in [0.29, 0.717) is 13.1 Å². The van der Waals surface area contributed by atoms with Gasteiger partial charge in [0, 0.05) is 37.8 Å². The second kappa shape index (κ2) is 9.56. The molecule has 2 amide bonds. The minimum absolute atomic E-state index is 0. The highest BCUT2D eigenvalue weighted by molar-refractivity contribution is 5.95.